The normalized spacial score (nSPS) is 12.1. The van der Waals surface area contributed by atoms with Crippen molar-refractivity contribution in [3.8, 4) is 0 Å². The summed E-state index contributed by atoms with van der Waals surface area (Å²) < 4.78 is 22.2. The van der Waals surface area contributed by atoms with Gasteiger partial charge in [-0.3, -0.25) is 9.78 Å². The minimum absolute atomic E-state index is 0.0272. The summed E-state index contributed by atoms with van der Waals surface area (Å²) in [6.07, 6.45) is 16.9. The van der Waals surface area contributed by atoms with E-state index in [-0.39, 0.29) is 11.6 Å². The average Bonchev–Trinajstić information content (AvgIpc) is 3.73. The molecule has 4 rings (SSSR count). The van der Waals surface area contributed by atoms with Gasteiger partial charge in [-0.1, -0.05) is 19.6 Å². The van der Waals surface area contributed by atoms with E-state index in [1.165, 1.54) is 61.2 Å². The van der Waals surface area contributed by atoms with Gasteiger partial charge in [0.25, 0.3) is 0 Å². The van der Waals surface area contributed by atoms with Gasteiger partial charge in [0.1, 0.15) is 11.3 Å². The molecule has 0 bridgehead atoms. The first-order valence-electron chi connectivity index (χ1n) is 23.2. The van der Waals surface area contributed by atoms with Gasteiger partial charge < -0.3 is 9.30 Å². The Kier molecular flexibility index (Phi) is 23.7. The smallest absolute Gasteiger partial charge is 0.198 e. The van der Waals surface area contributed by atoms with Crippen LogP contribution in [0.4, 0.5) is 0 Å². The molecule has 0 fully saturated rings. The van der Waals surface area contributed by atoms with E-state index in [0.29, 0.717) is 49.0 Å². The van der Waals surface area contributed by atoms with Crippen LogP contribution < -0.4 is 3.71 Å². The van der Waals surface area contributed by atoms with E-state index in [1.807, 2.05) is 35.8 Å². The Morgan fingerprint density at radius 3 is 1.40 bits per heavy atom. The van der Waals surface area contributed by atoms with Crippen LogP contribution in [-0.4, -0.2) is 88.4 Å². The van der Waals surface area contributed by atoms with E-state index in [4.69, 9.17) is 14.5 Å². The van der Waals surface area contributed by atoms with Crippen molar-refractivity contribution < 1.29 is 19.1 Å². The molecule has 0 amide bonds. The van der Waals surface area contributed by atoms with Crippen LogP contribution in [0.25, 0.3) is 0 Å². The Balaban J connectivity index is 0.000000356. The van der Waals surface area contributed by atoms with E-state index in [0.717, 1.165) is 48.5 Å². The molecule has 344 valence electrons. The maximum atomic E-state index is 13.6. The largest absolute Gasteiger partial charge is 0.361 e. The number of ether oxygens (including phenoxy) is 2. The quantitative estimate of drug-likeness (QED) is 0.0314. The first-order valence-corrected chi connectivity index (χ1v) is 38.9. The summed E-state index contributed by atoms with van der Waals surface area (Å²) in [5, 5.41) is 0. The molecule has 4 aromatic rings. The van der Waals surface area contributed by atoms with Crippen LogP contribution in [0.15, 0.2) is 53.7 Å². The number of carbonyl (C=O) groups is 2. The summed E-state index contributed by atoms with van der Waals surface area (Å²) in [4.78, 5) is 44.1. The third-order valence-corrected chi connectivity index (χ3v) is 31.2. The minimum atomic E-state index is -2.80. The van der Waals surface area contributed by atoms with Gasteiger partial charge in [0.2, 0.25) is 0 Å². The maximum Gasteiger partial charge on any atom is 0.198 e. The van der Waals surface area contributed by atoms with Crippen molar-refractivity contribution >= 4 is 65.7 Å². The number of Topliss-reactive ketones (excluding diaryl/α,β-unsaturated/α-hetero) is 2. The monoisotopic (exact) mass is 1060 g/mol. The first kappa shape index (κ1) is 54.0. The van der Waals surface area contributed by atoms with Crippen LogP contribution in [-0.2, 0) is 35.8 Å². The number of carbonyl (C=O) groups excluding carboxylic acids is 2. The Labute approximate surface area is 389 Å². The van der Waals surface area contributed by atoms with Crippen LogP contribution in [0.1, 0.15) is 116 Å². The predicted molar refractivity (Wildman–Crippen MR) is 268 cm³/mol. The van der Waals surface area contributed by atoms with Gasteiger partial charge in [-0.15, -0.1) is 0 Å². The fraction of sp³-hybridized carbons (Fsp3) is 0.625. The van der Waals surface area contributed by atoms with E-state index in [9.17, 15) is 9.59 Å². The number of unbranched alkanes of at least 4 members (excludes halogenated alkanes) is 3. The number of hydrogen-bond acceptors (Lipinski definition) is 8. The molecule has 0 aromatic carbocycles. The second kappa shape index (κ2) is 27.2. The molecular weight excluding hydrogens is 979 g/mol. The molecule has 0 aliphatic rings. The second-order valence-corrected chi connectivity index (χ2v) is 44.3. The molecule has 14 heteroatoms. The number of hydrogen-bond donors (Lipinski definition) is 0. The van der Waals surface area contributed by atoms with Crippen molar-refractivity contribution in [2.24, 2.45) is 0 Å². The zero-order valence-corrected chi connectivity index (χ0v) is 46.7. The molecule has 0 radical (unpaired) electrons. The van der Waals surface area contributed by atoms with Crippen molar-refractivity contribution in [3.63, 3.8) is 0 Å². The molecule has 0 aliphatic heterocycles. The van der Waals surface area contributed by atoms with Gasteiger partial charge in [0.05, 0.1) is 5.69 Å². The fourth-order valence-electron chi connectivity index (χ4n) is 7.46. The summed E-state index contributed by atoms with van der Waals surface area (Å²) in [5.41, 5.74) is 4.38. The van der Waals surface area contributed by atoms with Crippen LogP contribution in [0.3, 0.4) is 0 Å². The van der Waals surface area contributed by atoms with Crippen molar-refractivity contribution in [1.29, 1.82) is 0 Å². The standard InChI is InChI=1S/C18H26BrN3O2Si.C18H26N3O2Si.3C4H9.Sn/c1-14-17(19)21-18(22(14)13-24-11-12-25(2,3)4)16(23)6-5-15-7-9-20-10-8-15;1-15-13-20-18(21(15)14-23-11-12-24(2,3)4)17(22)6-5-16-7-9-19-10-8-16;3*1-3-4-2;/h7-10H,5-6,11-13H2,1-4H3;7-10H,5-6,11-12,14H2,1-4H3;3*1,3-4H2,2H3;. The van der Waals surface area contributed by atoms with Crippen LogP contribution in [0.2, 0.25) is 64.7 Å². The van der Waals surface area contributed by atoms with E-state index < -0.39 is 34.5 Å². The number of halogens is 1. The SMILES string of the molecule is CCC[CH2][Sn]([CH2]CCC)([CH2]CCC)[c]1nc(C(=O)CCc2ccncc2)n(COCC[Si](C)(C)C)c1C.Cc1c(Br)nc(C(=O)CCc2ccncc2)n1COCC[Si](C)(C)C. The molecule has 0 saturated carbocycles. The van der Waals surface area contributed by atoms with Crippen LogP contribution >= 0.6 is 15.9 Å². The van der Waals surface area contributed by atoms with Crippen LogP contribution in [0, 0.1) is 13.8 Å². The molecular formula is C48H79BrN6O4Si2Sn. The van der Waals surface area contributed by atoms with Gasteiger partial charge in [-0.2, -0.15) is 0 Å². The molecule has 0 aliphatic carbocycles. The summed E-state index contributed by atoms with van der Waals surface area (Å²) in [5.74, 6) is 1.27. The molecule has 0 spiro atoms. The van der Waals surface area contributed by atoms with Gasteiger partial charge in [0, 0.05) is 33.5 Å². The number of ketones is 2. The van der Waals surface area contributed by atoms with Crippen molar-refractivity contribution in [2.75, 3.05) is 13.2 Å². The number of imidazole rings is 2. The van der Waals surface area contributed by atoms with Gasteiger partial charge in [0.15, 0.2) is 11.6 Å². The van der Waals surface area contributed by atoms with E-state index in [2.05, 4.69) is 102 Å². The summed E-state index contributed by atoms with van der Waals surface area (Å²) >= 11 is 0.628. The molecule has 0 N–H and O–H groups in total. The van der Waals surface area contributed by atoms with E-state index in [1.54, 1.807) is 24.8 Å². The minimum Gasteiger partial charge on any atom is -0.361 e. The number of pyridine rings is 2. The second-order valence-electron chi connectivity index (χ2n) is 19.4. The zero-order valence-electron chi connectivity index (χ0n) is 40.2. The number of rotatable bonds is 28. The summed E-state index contributed by atoms with van der Waals surface area (Å²) in [6, 6.07) is 10.1. The zero-order chi connectivity index (χ0) is 45.8. The number of nitrogens with zero attached hydrogens (tertiary/aromatic N) is 6. The van der Waals surface area contributed by atoms with Gasteiger partial charge in [-0.05, 0) is 53.0 Å². The predicted octanol–water partition coefficient (Wildman–Crippen LogP) is 12.2. The third-order valence-electron chi connectivity index (χ3n) is 11.6. The van der Waals surface area contributed by atoms with Crippen molar-refractivity contribution in [1.82, 2.24) is 29.1 Å². The van der Waals surface area contributed by atoms with Crippen molar-refractivity contribution in [2.45, 2.75) is 177 Å². The molecule has 0 saturated heterocycles. The van der Waals surface area contributed by atoms with Crippen LogP contribution in [0.5, 0.6) is 0 Å². The molecule has 4 aromatic heterocycles. The Morgan fingerprint density at radius 2 is 1.02 bits per heavy atom. The Morgan fingerprint density at radius 1 is 0.629 bits per heavy atom. The Hall–Kier alpha value is -2.31. The topological polar surface area (TPSA) is 114 Å². The summed E-state index contributed by atoms with van der Waals surface area (Å²) in [6.45, 7) is 27.5. The van der Waals surface area contributed by atoms with E-state index >= 15 is 0 Å². The Bertz CT molecular complexity index is 1910. The third kappa shape index (κ3) is 18.3. The molecule has 4 heterocycles. The maximum absolute atomic E-state index is 13.6. The molecule has 0 atom stereocenters. The molecule has 62 heavy (non-hydrogen) atoms. The average molecular weight is 1060 g/mol. The van der Waals surface area contributed by atoms with Gasteiger partial charge in [-0.25, -0.2) is 4.98 Å². The fourth-order valence-corrected chi connectivity index (χ4v) is 25.9. The van der Waals surface area contributed by atoms with Crippen molar-refractivity contribution in [3.05, 3.63) is 87.8 Å². The molecule has 10 nitrogen and oxygen atoms in total. The molecule has 0 unspecified atom stereocenters. The van der Waals surface area contributed by atoms with Gasteiger partial charge >= 0.3 is 233 Å². The number of aromatic nitrogens is 6. The summed E-state index contributed by atoms with van der Waals surface area (Å²) in [7, 11) is -2.30. The number of aryl methyl sites for hydroxylation is 2. The first-order chi connectivity index (χ1) is 29.4.